The van der Waals surface area contributed by atoms with Crippen LogP contribution in [-0.2, 0) is 0 Å². The highest BCUT2D eigenvalue weighted by Gasteiger charge is 2.19. The van der Waals surface area contributed by atoms with Crippen LogP contribution in [0.15, 0.2) is 14.3 Å². The quantitative estimate of drug-likeness (QED) is 0.516. The number of nitrogens with one attached hydrogen (secondary N) is 1. The van der Waals surface area contributed by atoms with Crippen molar-refractivity contribution in [1.29, 1.82) is 0 Å². The molecule has 0 aromatic carbocycles. The molecule has 0 radical (unpaired) electrons. The first-order valence-corrected chi connectivity index (χ1v) is 10.3. The van der Waals surface area contributed by atoms with Crippen LogP contribution in [0.1, 0.15) is 69.2 Å². The third-order valence-corrected chi connectivity index (χ3v) is 7.61. The Morgan fingerprint density at radius 3 is 2.65 bits per heavy atom. The van der Waals surface area contributed by atoms with Gasteiger partial charge in [0.1, 0.15) is 0 Å². The smallest absolute Gasteiger partial charge is 0.0843 e. The van der Waals surface area contributed by atoms with Gasteiger partial charge in [0.15, 0.2) is 0 Å². The summed E-state index contributed by atoms with van der Waals surface area (Å²) in [4.78, 5) is 1.47. The van der Waals surface area contributed by atoms with E-state index in [-0.39, 0.29) is 0 Å². The van der Waals surface area contributed by atoms with E-state index in [4.69, 9.17) is 0 Å². The average Bonchev–Trinajstić information content (AvgIpc) is 2.80. The number of thiophene rings is 1. The van der Waals surface area contributed by atoms with Crippen molar-refractivity contribution in [2.75, 3.05) is 6.54 Å². The third kappa shape index (κ3) is 5.11. The number of halogens is 2. The summed E-state index contributed by atoms with van der Waals surface area (Å²) in [5, 5.41) is 3.73. The van der Waals surface area contributed by atoms with Crippen LogP contribution in [0.5, 0.6) is 0 Å². The summed E-state index contributed by atoms with van der Waals surface area (Å²) >= 11 is 9.11. The summed E-state index contributed by atoms with van der Waals surface area (Å²) in [5.41, 5.74) is 0. The maximum Gasteiger partial charge on any atom is 0.0843 e. The molecule has 0 amide bonds. The van der Waals surface area contributed by atoms with Crippen molar-refractivity contribution in [2.45, 2.75) is 64.3 Å². The summed E-state index contributed by atoms with van der Waals surface area (Å²) in [6.07, 6.45) is 11.1. The molecule has 1 aliphatic rings. The fourth-order valence-electron chi connectivity index (χ4n) is 3.08. The Balaban J connectivity index is 1.92. The van der Waals surface area contributed by atoms with E-state index < -0.39 is 0 Å². The number of hydrogen-bond acceptors (Lipinski definition) is 2. The van der Waals surface area contributed by atoms with Gasteiger partial charge in [-0.15, -0.1) is 11.3 Å². The van der Waals surface area contributed by atoms with Crippen LogP contribution >= 0.6 is 43.2 Å². The molecular weight excluding hydrogens is 398 g/mol. The molecule has 1 heterocycles. The Morgan fingerprint density at radius 2 is 2.05 bits per heavy atom. The van der Waals surface area contributed by atoms with Crippen LogP contribution in [0.4, 0.5) is 0 Å². The Hall–Kier alpha value is 0.620. The second kappa shape index (κ2) is 8.92. The normalized spacial score (nSPS) is 18.4. The zero-order valence-corrected chi connectivity index (χ0v) is 16.2. The fourth-order valence-corrected chi connectivity index (χ4v) is 5.28. The number of rotatable bonds is 7. The van der Waals surface area contributed by atoms with Crippen LogP contribution in [0.25, 0.3) is 0 Å². The Bertz CT molecular complexity index is 380. The van der Waals surface area contributed by atoms with Crippen LogP contribution in [-0.4, -0.2) is 6.54 Å². The van der Waals surface area contributed by atoms with E-state index in [2.05, 4.69) is 50.2 Å². The van der Waals surface area contributed by atoms with E-state index in [9.17, 15) is 0 Å². The van der Waals surface area contributed by atoms with Gasteiger partial charge in [-0.3, -0.25) is 0 Å². The predicted molar refractivity (Wildman–Crippen MR) is 96.6 cm³/mol. The molecule has 1 fully saturated rings. The van der Waals surface area contributed by atoms with Crippen LogP contribution in [0, 0.1) is 5.92 Å². The SMILES string of the molecule is CCCNC(CCC1CCCCC1)c1cc(Br)c(Br)s1. The van der Waals surface area contributed by atoms with E-state index in [1.165, 1.54) is 64.5 Å². The van der Waals surface area contributed by atoms with Gasteiger partial charge in [0, 0.05) is 15.4 Å². The van der Waals surface area contributed by atoms with Gasteiger partial charge in [-0.25, -0.2) is 0 Å². The van der Waals surface area contributed by atoms with Gasteiger partial charge in [0.05, 0.1) is 3.79 Å². The zero-order chi connectivity index (χ0) is 14.4. The lowest BCUT2D eigenvalue weighted by atomic mass is 9.85. The topological polar surface area (TPSA) is 12.0 Å². The second-order valence-corrected chi connectivity index (χ2v) is 9.11. The van der Waals surface area contributed by atoms with Crippen LogP contribution < -0.4 is 5.32 Å². The van der Waals surface area contributed by atoms with Gasteiger partial charge in [0.2, 0.25) is 0 Å². The molecule has 114 valence electrons. The summed E-state index contributed by atoms with van der Waals surface area (Å²) in [5.74, 6) is 0.974. The Labute approximate surface area is 144 Å². The molecule has 1 atom stereocenters. The molecule has 0 spiro atoms. The Morgan fingerprint density at radius 1 is 1.30 bits per heavy atom. The fraction of sp³-hybridized carbons (Fsp3) is 0.750. The molecule has 1 aromatic rings. The largest absolute Gasteiger partial charge is 0.309 e. The number of hydrogen-bond donors (Lipinski definition) is 1. The molecule has 0 bridgehead atoms. The van der Waals surface area contributed by atoms with E-state index in [0.29, 0.717) is 6.04 Å². The Kier molecular flexibility index (Phi) is 7.57. The highest BCUT2D eigenvalue weighted by Crippen LogP contribution is 2.38. The van der Waals surface area contributed by atoms with E-state index in [1.807, 2.05) is 11.3 Å². The van der Waals surface area contributed by atoms with Crippen molar-refractivity contribution >= 4 is 43.2 Å². The van der Waals surface area contributed by atoms with E-state index >= 15 is 0 Å². The highest BCUT2D eigenvalue weighted by molar-refractivity contribution is 9.13. The minimum absolute atomic E-state index is 0.532. The first-order valence-electron chi connectivity index (χ1n) is 7.88. The molecule has 4 heteroatoms. The average molecular weight is 423 g/mol. The molecule has 1 N–H and O–H groups in total. The third-order valence-electron chi connectivity index (χ3n) is 4.24. The molecule has 1 aromatic heterocycles. The van der Waals surface area contributed by atoms with E-state index in [1.54, 1.807) is 0 Å². The monoisotopic (exact) mass is 421 g/mol. The van der Waals surface area contributed by atoms with Crippen LogP contribution in [0.3, 0.4) is 0 Å². The predicted octanol–water partition coefficient (Wildman–Crippen LogP) is 6.67. The molecule has 1 unspecified atom stereocenters. The van der Waals surface area contributed by atoms with Crippen molar-refractivity contribution in [3.63, 3.8) is 0 Å². The molecule has 0 saturated heterocycles. The van der Waals surface area contributed by atoms with Gasteiger partial charge in [-0.2, -0.15) is 0 Å². The van der Waals surface area contributed by atoms with Crippen LogP contribution in [0.2, 0.25) is 0 Å². The summed E-state index contributed by atoms with van der Waals surface area (Å²) in [6, 6.07) is 2.81. The minimum atomic E-state index is 0.532. The first kappa shape index (κ1) is 17.0. The standard InChI is InChI=1S/C16H25Br2NS/c1-2-10-19-14(15-11-13(17)16(18)20-15)9-8-12-6-4-3-5-7-12/h11-12,14,19H,2-10H2,1H3. The molecule has 1 aliphatic carbocycles. The first-order chi connectivity index (χ1) is 9.70. The lowest BCUT2D eigenvalue weighted by Gasteiger charge is -2.24. The minimum Gasteiger partial charge on any atom is -0.309 e. The summed E-state index contributed by atoms with van der Waals surface area (Å²) in [6.45, 7) is 3.36. The molecule has 0 aliphatic heterocycles. The van der Waals surface area contributed by atoms with Crippen molar-refractivity contribution in [3.8, 4) is 0 Å². The van der Waals surface area contributed by atoms with Gasteiger partial charge < -0.3 is 5.32 Å². The molecule has 2 rings (SSSR count). The van der Waals surface area contributed by atoms with E-state index in [0.717, 1.165) is 12.5 Å². The van der Waals surface area contributed by atoms with Gasteiger partial charge in [0.25, 0.3) is 0 Å². The lowest BCUT2D eigenvalue weighted by molar-refractivity contribution is 0.315. The van der Waals surface area contributed by atoms with Gasteiger partial charge in [-0.05, 0) is 69.7 Å². The molecule has 1 nitrogen and oxygen atoms in total. The lowest BCUT2D eigenvalue weighted by Crippen LogP contribution is -2.22. The highest BCUT2D eigenvalue weighted by atomic mass is 79.9. The van der Waals surface area contributed by atoms with Gasteiger partial charge in [-0.1, -0.05) is 39.0 Å². The maximum absolute atomic E-state index is 3.73. The molecular formula is C16H25Br2NS. The maximum atomic E-state index is 3.73. The van der Waals surface area contributed by atoms with Crippen molar-refractivity contribution in [1.82, 2.24) is 5.32 Å². The van der Waals surface area contributed by atoms with Crippen molar-refractivity contribution in [3.05, 3.63) is 19.2 Å². The zero-order valence-electron chi connectivity index (χ0n) is 12.3. The summed E-state index contributed by atoms with van der Waals surface area (Å²) in [7, 11) is 0. The van der Waals surface area contributed by atoms with Gasteiger partial charge >= 0.3 is 0 Å². The second-order valence-electron chi connectivity index (χ2n) is 5.86. The van der Waals surface area contributed by atoms with Crippen molar-refractivity contribution in [2.24, 2.45) is 5.92 Å². The molecule has 1 saturated carbocycles. The molecule has 20 heavy (non-hydrogen) atoms. The van der Waals surface area contributed by atoms with Crippen molar-refractivity contribution < 1.29 is 0 Å². The summed E-state index contributed by atoms with van der Waals surface area (Å²) < 4.78 is 2.41.